The summed E-state index contributed by atoms with van der Waals surface area (Å²) in [5.74, 6) is 0.904. The van der Waals surface area contributed by atoms with Gasteiger partial charge < -0.3 is 19.4 Å². The van der Waals surface area contributed by atoms with E-state index >= 15 is 0 Å². The number of carbonyl (C=O) groups is 1. The van der Waals surface area contributed by atoms with Crippen molar-refractivity contribution in [3.05, 3.63) is 44.4 Å². The lowest BCUT2D eigenvalue weighted by Gasteiger charge is -2.33. The average Bonchev–Trinajstić information content (AvgIpc) is 2.92. The van der Waals surface area contributed by atoms with Gasteiger partial charge >= 0.3 is 0 Å². The first kappa shape index (κ1) is 17.1. The zero-order valence-electron chi connectivity index (χ0n) is 13.7. The number of thiazole rings is 1. The molecule has 0 aliphatic carbocycles. The largest absolute Gasteiger partial charge is 0.497 e. The molecule has 1 amide bonds. The summed E-state index contributed by atoms with van der Waals surface area (Å²) in [6.07, 6.45) is 0.261. The van der Waals surface area contributed by atoms with E-state index in [0.29, 0.717) is 30.1 Å². The summed E-state index contributed by atoms with van der Waals surface area (Å²) in [5, 5.41) is 0. The zero-order chi connectivity index (χ0) is 17.1. The van der Waals surface area contributed by atoms with Gasteiger partial charge in [0.2, 0.25) is 5.91 Å². The van der Waals surface area contributed by atoms with Crippen LogP contribution in [0.25, 0.3) is 0 Å². The number of benzene rings is 1. The highest BCUT2D eigenvalue weighted by molar-refractivity contribution is 7.73. The Morgan fingerprint density at radius 3 is 3.08 bits per heavy atom. The highest BCUT2D eigenvalue weighted by atomic mass is 32.1. The lowest BCUT2D eigenvalue weighted by molar-refractivity contribution is -0.138. The van der Waals surface area contributed by atoms with Crippen LogP contribution in [0.5, 0.6) is 5.75 Å². The fourth-order valence-electron chi connectivity index (χ4n) is 2.77. The van der Waals surface area contributed by atoms with Gasteiger partial charge in [-0.3, -0.25) is 4.79 Å². The molecule has 0 spiro atoms. The van der Waals surface area contributed by atoms with E-state index in [1.54, 1.807) is 7.11 Å². The SMILES string of the molecule is COc1cccc([C@@H]2CN(C(=O)Cc3sc(=S)[nH]c3C)CCO2)c1. The second-order valence-corrected chi connectivity index (χ2v) is 7.49. The van der Waals surface area contributed by atoms with E-state index in [9.17, 15) is 4.79 Å². The van der Waals surface area contributed by atoms with E-state index in [1.165, 1.54) is 11.3 Å². The highest BCUT2D eigenvalue weighted by Gasteiger charge is 2.26. The molecule has 3 rings (SSSR count). The molecule has 1 aromatic heterocycles. The van der Waals surface area contributed by atoms with Crippen molar-refractivity contribution in [1.29, 1.82) is 0 Å². The summed E-state index contributed by atoms with van der Waals surface area (Å²) in [6, 6.07) is 7.80. The predicted molar refractivity (Wildman–Crippen MR) is 96.2 cm³/mol. The Bertz CT molecular complexity index is 784. The standard InChI is InChI=1S/C17H20N2O3S2/c1-11-15(24-17(23)18-11)9-16(20)19-6-7-22-14(10-19)12-4-3-5-13(8-12)21-2/h3-5,8,14H,6-7,9-10H2,1-2H3,(H,18,23)/t14-/m0/s1. The quantitative estimate of drug-likeness (QED) is 0.846. The number of aromatic nitrogens is 1. The number of nitrogens with one attached hydrogen (secondary N) is 1. The molecule has 1 fully saturated rings. The number of hydrogen-bond acceptors (Lipinski definition) is 5. The number of ether oxygens (including phenoxy) is 2. The van der Waals surface area contributed by atoms with Gasteiger partial charge in [-0.1, -0.05) is 12.1 Å². The van der Waals surface area contributed by atoms with Crippen molar-refractivity contribution in [2.24, 2.45) is 0 Å². The van der Waals surface area contributed by atoms with Crippen LogP contribution in [-0.2, 0) is 16.0 Å². The summed E-state index contributed by atoms with van der Waals surface area (Å²) in [4.78, 5) is 18.6. The topological polar surface area (TPSA) is 54.6 Å². The molecule has 1 aliphatic heterocycles. The van der Waals surface area contributed by atoms with Gasteiger partial charge in [-0.25, -0.2) is 0 Å². The first-order valence-electron chi connectivity index (χ1n) is 7.78. The van der Waals surface area contributed by atoms with Crippen molar-refractivity contribution in [3.8, 4) is 5.75 Å². The number of carbonyl (C=O) groups excluding carboxylic acids is 1. The third-order valence-electron chi connectivity index (χ3n) is 4.12. The van der Waals surface area contributed by atoms with Gasteiger partial charge in [0.1, 0.15) is 11.9 Å². The number of nitrogens with zero attached hydrogens (tertiary/aromatic N) is 1. The molecule has 0 unspecified atom stereocenters. The second-order valence-electron chi connectivity index (χ2n) is 5.72. The van der Waals surface area contributed by atoms with Crippen LogP contribution >= 0.6 is 23.6 Å². The molecule has 5 nitrogen and oxygen atoms in total. The normalized spacial score (nSPS) is 17.8. The van der Waals surface area contributed by atoms with E-state index < -0.39 is 0 Å². The number of rotatable bonds is 4. The smallest absolute Gasteiger partial charge is 0.228 e. The van der Waals surface area contributed by atoms with Crippen molar-refractivity contribution in [3.63, 3.8) is 0 Å². The van der Waals surface area contributed by atoms with Crippen LogP contribution < -0.4 is 4.74 Å². The predicted octanol–water partition coefficient (Wildman–Crippen LogP) is 3.27. The molecule has 0 radical (unpaired) electrons. The van der Waals surface area contributed by atoms with Gasteiger partial charge in [-0.15, -0.1) is 11.3 Å². The molecule has 1 saturated heterocycles. The maximum atomic E-state index is 12.6. The molecule has 2 heterocycles. The van der Waals surface area contributed by atoms with Crippen LogP contribution in [0.2, 0.25) is 0 Å². The molecule has 0 bridgehead atoms. The maximum absolute atomic E-state index is 12.6. The number of amides is 1. The van der Waals surface area contributed by atoms with Gasteiger partial charge in [0, 0.05) is 17.1 Å². The van der Waals surface area contributed by atoms with Gasteiger partial charge in [0.25, 0.3) is 0 Å². The molecular weight excluding hydrogens is 344 g/mol. The molecule has 1 aromatic carbocycles. The van der Waals surface area contributed by atoms with Gasteiger partial charge in [0.15, 0.2) is 3.95 Å². The highest BCUT2D eigenvalue weighted by Crippen LogP contribution is 2.26. The summed E-state index contributed by atoms with van der Waals surface area (Å²) < 4.78 is 11.8. The van der Waals surface area contributed by atoms with Crippen LogP contribution in [0.15, 0.2) is 24.3 Å². The van der Waals surface area contributed by atoms with E-state index in [0.717, 1.165) is 21.9 Å². The zero-order valence-corrected chi connectivity index (χ0v) is 15.3. The Morgan fingerprint density at radius 2 is 2.38 bits per heavy atom. The number of aryl methyl sites for hydroxylation is 1. The number of aromatic amines is 1. The van der Waals surface area contributed by atoms with Crippen LogP contribution in [0, 0.1) is 10.9 Å². The van der Waals surface area contributed by atoms with Gasteiger partial charge in [0.05, 0.1) is 26.7 Å². The fraction of sp³-hybridized carbons (Fsp3) is 0.412. The molecule has 2 aromatic rings. The molecule has 0 saturated carbocycles. The molecule has 1 atom stereocenters. The van der Waals surface area contributed by atoms with Crippen LogP contribution in [0.3, 0.4) is 0 Å². The molecule has 1 N–H and O–H groups in total. The van der Waals surface area contributed by atoms with Crippen LogP contribution in [0.4, 0.5) is 0 Å². The molecule has 24 heavy (non-hydrogen) atoms. The van der Waals surface area contributed by atoms with E-state index in [2.05, 4.69) is 4.98 Å². The third-order valence-corrected chi connectivity index (χ3v) is 5.46. The lowest BCUT2D eigenvalue weighted by atomic mass is 10.1. The fourth-order valence-corrected chi connectivity index (χ4v) is 4.06. The Morgan fingerprint density at radius 1 is 1.54 bits per heavy atom. The average molecular weight is 364 g/mol. The Kier molecular flexibility index (Phi) is 5.33. The molecule has 128 valence electrons. The van der Waals surface area contributed by atoms with Crippen molar-refractivity contribution in [2.45, 2.75) is 19.4 Å². The first-order valence-corrected chi connectivity index (χ1v) is 9.01. The van der Waals surface area contributed by atoms with Crippen LogP contribution in [-0.4, -0.2) is 42.6 Å². The van der Waals surface area contributed by atoms with E-state index in [-0.39, 0.29) is 12.0 Å². The Balaban J connectivity index is 1.69. The molecule has 1 aliphatic rings. The van der Waals surface area contributed by atoms with Gasteiger partial charge in [-0.05, 0) is 36.8 Å². The summed E-state index contributed by atoms with van der Waals surface area (Å²) in [7, 11) is 1.64. The number of morpholine rings is 1. The third kappa shape index (κ3) is 3.85. The van der Waals surface area contributed by atoms with E-state index in [1.807, 2.05) is 36.1 Å². The van der Waals surface area contributed by atoms with E-state index in [4.69, 9.17) is 21.7 Å². The first-order chi connectivity index (χ1) is 11.6. The van der Waals surface area contributed by atoms with Crippen LogP contribution in [0.1, 0.15) is 22.2 Å². The molecule has 7 heteroatoms. The lowest BCUT2D eigenvalue weighted by Crippen LogP contribution is -2.42. The van der Waals surface area contributed by atoms with Crippen molar-refractivity contribution < 1.29 is 14.3 Å². The molecular formula is C17H20N2O3S2. The summed E-state index contributed by atoms with van der Waals surface area (Å²) in [6.45, 7) is 3.66. The van der Waals surface area contributed by atoms with Gasteiger partial charge in [-0.2, -0.15) is 0 Å². The number of H-pyrrole nitrogens is 1. The van der Waals surface area contributed by atoms with Crippen molar-refractivity contribution >= 4 is 29.5 Å². The Labute approximate surface area is 150 Å². The monoisotopic (exact) mass is 364 g/mol. The number of hydrogen-bond donors (Lipinski definition) is 1. The minimum atomic E-state index is -0.122. The van der Waals surface area contributed by atoms with Crippen molar-refractivity contribution in [1.82, 2.24) is 9.88 Å². The Hall–Kier alpha value is -1.70. The maximum Gasteiger partial charge on any atom is 0.228 e. The summed E-state index contributed by atoms with van der Waals surface area (Å²) >= 11 is 6.61. The van der Waals surface area contributed by atoms with Crippen molar-refractivity contribution in [2.75, 3.05) is 26.8 Å². The minimum Gasteiger partial charge on any atom is -0.497 e. The second kappa shape index (κ2) is 7.46. The minimum absolute atomic E-state index is 0.111. The summed E-state index contributed by atoms with van der Waals surface area (Å²) in [5.41, 5.74) is 2.01. The number of methoxy groups -OCH3 is 1.